The summed E-state index contributed by atoms with van der Waals surface area (Å²) in [6.45, 7) is 0.0140. The van der Waals surface area contributed by atoms with Crippen molar-refractivity contribution in [3.8, 4) is 33.8 Å². The third-order valence-electron chi connectivity index (χ3n) is 9.15. The molecule has 0 fully saturated rings. The Morgan fingerprint density at radius 1 is 0.500 bits per heavy atom. The van der Waals surface area contributed by atoms with Crippen molar-refractivity contribution in [1.82, 2.24) is 19.9 Å². The summed E-state index contributed by atoms with van der Waals surface area (Å²) in [5, 5.41) is 14.8. The Kier molecular flexibility index (Phi) is 15.9. The van der Waals surface area contributed by atoms with Gasteiger partial charge in [-0.2, -0.15) is 26.3 Å². The summed E-state index contributed by atoms with van der Waals surface area (Å²) in [7, 11) is -8.30. The molecule has 64 heavy (non-hydrogen) atoms. The van der Waals surface area contributed by atoms with Crippen molar-refractivity contribution in [1.29, 1.82) is 0 Å². The van der Waals surface area contributed by atoms with Crippen LogP contribution in [0.1, 0.15) is 22.8 Å². The van der Waals surface area contributed by atoms with Gasteiger partial charge in [0.1, 0.15) is 36.4 Å². The van der Waals surface area contributed by atoms with Crippen molar-refractivity contribution in [3.05, 3.63) is 167 Å². The Labute approximate surface area is 406 Å². The van der Waals surface area contributed by atoms with Crippen molar-refractivity contribution < 1.29 is 112 Å². The molecule has 0 radical (unpaired) electrons. The molecule has 2 heterocycles. The Morgan fingerprint density at radius 3 is 1.17 bits per heavy atom. The summed E-state index contributed by atoms with van der Waals surface area (Å²) < 4.78 is 134. The molecule has 0 unspecified atom stereocenters. The SMILES string of the molecule is [NH-]S(=O)(=O)c1ccccc1-c1ccc2nc(COc3ccc(C(F)(F)F)cc3)[nH]c2c1.[NH-]S(=O)(=O)c1ccccc1-c1ccc2nc(COc3ccc(C(F)(F)F)cc3)[nH]c2c1.[Na+].[Na+]. The number of aromatic amines is 2. The van der Waals surface area contributed by atoms with E-state index in [1.54, 1.807) is 72.8 Å². The summed E-state index contributed by atoms with van der Waals surface area (Å²) in [6.07, 6.45) is -8.82. The molecule has 320 valence electrons. The van der Waals surface area contributed by atoms with Crippen LogP contribution in [0.4, 0.5) is 26.3 Å². The molecule has 6 aromatic carbocycles. The third kappa shape index (κ3) is 12.3. The van der Waals surface area contributed by atoms with Crippen LogP contribution >= 0.6 is 0 Å². The normalized spacial score (nSPS) is 11.9. The van der Waals surface area contributed by atoms with Gasteiger partial charge in [-0.1, -0.05) is 48.5 Å². The van der Waals surface area contributed by atoms with Crippen LogP contribution in [0.25, 0.3) is 54.6 Å². The van der Waals surface area contributed by atoms with Gasteiger partial charge in [0.2, 0.25) is 0 Å². The number of hydrogen-bond acceptors (Lipinski definition) is 8. The number of rotatable bonds is 10. The molecule has 0 aliphatic heterocycles. The molecule has 8 rings (SSSR count). The van der Waals surface area contributed by atoms with Gasteiger partial charge in [0.15, 0.2) is 0 Å². The maximum Gasteiger partial charge on any atom is 1.00 e. The number of H-pyrrole nitrogens is 2. The number of benzene rings is 6. The molecule has 0 spiro atoms. The van der Waals surface area contributed by atoms with Gasteiger partial charge < -0.3 is 29.7 Å². The van der Waals surface area contributed by atoms with Gasteiger partial charge in [0.05, 0.1) is 63.0 Å². The summed E-state index contributed by atoms with van der Waals surface area (Å²) >= 11 is 0. The first-order chi connectivity index (χ1) is 29.2. The van der Waals surface area contributed by atoms with Gasteiger partial charge >= 0.3 is 71.5 Å². The predicted octanol–water partition coefficient (Wildman–Crippen LogP) is 5.15. The molecule has 22 heteroatoms. The van der Waals surface area contributed by atoms with Gasteiger partial charge in [-0.25, -0.2) is 26.8 Å². The summed E-state index contributed by atoms with van der Waals surface area (Å²) in [5.41, 5.74) is 2.95. The van der Waals surface area contributed by atoms with Crippen LogP contribution in [0, 0.1) is 0 Å². The molecular formula is C42H30F6N6Na2O6S2. The first-order valence-corrected chi connectivity index (χ1v) is 20.9. The number of nitrogens with zero attached hydrogens (tertiary/aromatic N) is 2. The van der Waals surface area contributed by atoms with Crippen molar-refractivity contribution in [2.45, 2.75) is 35.4 Å². The van der Waals surface area contributed by atoms with Crippen LogP contribution in [-0.2, 0) is 45.6 Å². The minimum atomic E-state index is -4.41. The number of hydrogen-bond donors (Lipinski definition) is 2. The second-order valence-electron chi connectivity index (χ2n) is 13.5. The van der Waals surface area contributed by atoms with E-state index in [9.17, 15) is 43.2 Å². The van der Waals surface area contributed by atoms with Crippen LogP contribution in [0.5, 0.6) is 11.5 Å². The van der Waals surface area contributed by atoms with Crippen LogP contribution in [0.15, 0.2) is 143 Å². The van der Waals surface area contributed by atoms with E-state index in [1.807, 2.05) is 0 Å². The molecule has 8 aromatic rings. The number of sulfonamides is 2. The molecule has 0 aliphatic carbocycles. The zero-order chi connectivity index (χ0) is 44.5. The van der Waals surface area contributed by atoms with Gasteiger partial charge in [-0.3, -0.25) is 0 Å². The molecule has 0 atom stereocenters. The topological polar surface area (TPSA) is 192 Å². The maximum absolute atomic E-state index is 12.6. The molecule has 0 saturated carbocycles. The van der Waals surface area contributed by atoms with Gasteiger partial charge in [-0.15, -0.1) is 0 Å². The molecule has 0 bridgehead atoms. The Hall–Kier alpha value is -4.74. The molecule has 0 amide bonds. The summed E-state index contributed by atoms with van der Waals surface area (Å²) in [6, 6.07) is 31.4. The van der Waals surface area contributed by atoms with E-state index in [0.29, 0.717) is 56.0 Å². The second-order valence-corrected chi connectivity index (χ2v) is 16.3. The van der Waals surface area contributed by atoms with E-state index >= 15 is 0 Å². The Morgan fingerprint density at radius 2 is 0.844 bits per heavy atom. The quantitative estimate of drug-likeness (QED) is 0.139. The number of nitrogens with one attached hydrogen (secondary N) is 4. The molecule has 12 nitrogen and oxygen atoms in total. The predicted molar refractivity (Wildman–Crippen MR) is 218 cm³/mol. The molecule has 2 aromatic heterocycles. The average molecular weight is 939 g/mol. The van der Waals surface area contributed by atoms with Crippen LogP contribution < -0.4 is 68.6 Å². The molecular weight excluding hydrogens is 909 g/mol. The smallest absolute Gasteiger partial charge is 0.560 e. The zero-order valence-electron chi connectivity index (χ0n) is 33.5. The largest absolute Gasteiger partial charge is 1.00 e. The maximum atomic E-state index is 12.6. The minimum Gasteiger partial charge on any atom is -0.560 e. The van der Waals surface area contributed by atoms with E-state index in [0.717, 1.165) is 24.3 Å². The second kappa shape index (κ2) is 20.2. The van der Waals surface area contributed by atoms with Crippen molar-refractivity contribution in [3.63, 3.8) is 0 Å². The van der Waals surface area contributed by atoms with Gasteiger partial charge in [-0.05, 0) is 107 Å². The minimum absolute atomic E-state index is 0. The number of halogens is 6. The first kappa shape index (κ1) is 50.3. The third-order valence-corrected chi connectivity index (χ3v) is 11.0. The number of imidazole rings is 2. The van der Waals surface area contributed by atoms with Gasteiger partial charge in [0.25, 0.3) is 0 Å². The zero-order valence-corrected chi connectivity index (χ0v) is 39.2. The number of ether oxygens (including phenoxy) is 2. The van der Waals surface area contributed by atoms with Crippen LogP contribution in [0.2, 0.25) is 0 Å². The Bertz CT molecular complexity index is 2920. The fourth-order valence-corrected chi connectivity index (χ4v) is 7.73. The monoisotopic (exact) mass is 938 g/mol. The van der Waals surface area contributed by atoms with Crippen molar-refractivity contribution in [2.75, 3.05) is 0 Å². The molecule has 0 saturated heterocycles. The Balaban J connectivity index is 0.000000234. The fourth-order valence-electron chi connectivity index (χ4n) is 6.26. The summed E-state index contributed by atoms with van der Waals surface area (Å²) in [4.78, 5) is 14.7. The van der Waals surface area contributed by atoms with E-state index in [4.69, 9.17) is 19.8 Å². The van der Waals surface area contributed by atoms with E-state index in [-0.39, 0.29) is 93.6 Å². The van der Waals surface area contributed by atoms with Crippen LogP contribution in [0.3, 0.4) is 0 Å². The van der Waals surface area contributed by atoms with E-state index in [1.165, 1.54) is 36.4 Å². The van der Waals surface area contributed by atoms with E-state index in [2.05, 4.69) is 19.9 Å². The van der Waals surface area contributed by atoms with Crippen LogP contribution in [-0.4, -0.2) is 36.8 Å². The molecule has 4 N–H and O–H groups in total. The number of aromatic nitrogens is 4. The van der Waals surface area contributed by atoms with Crippen molar-refractivity contribution in [2.24, 2.45) is 0 Å². The number of fused-ring (bicyclic) bond motifs is 2. The van der Waals surface area contributed by atoms with E-state index < -0.39 is 43.5 Å². The summed E-state index contributed by atoms with van der Waals surface area (Å²) in [5.74, 6) is 1.44. The van der Waals surface area contributed by atoms with Crippen molar-refractivity contribution >= 4 is 42.1 Å². The standard InChI is InChI=1S/2C21H15F3N3O3S.2Na/c2*22-21(23,24)14-6-8-15(9-7-14)30-12-20-26-17-10-5-13(11-18(17)27-20)16-3-1-2-4-19(16)31(25,28)29;;/h2*1-11H,12H2,(H2-,25,26,27,28,29);;/q2*-1;2*+1. The average Bonchev–Trinajstić information content (AvgIpc) is 3.84. The van der Waals surface area contributed by atoms with Gasteiger partial charge in [0, 0.05) is 0 Å². The number of alkyl halides is 6. The molecule has 0 aliphatic rings. The fraction of sp³-hybridized carbons (Fsp3) is 0.0952. The first-order valence-electron chi connectivity index (χ1n) is 18.0.